The minimum Gasteiger partial charge on any atom is -0.480 e. The Balaban J connectivity index is 3.02. The van der Waals surface area contributed by atoms with Crippen LogP contribution in [0.5, 0.6) is 0 Å². The van der Waals surface area contributed by atoms with Gasteiger partial charge in [0.15, 0.2) is 0 Å². The summed E-state index contributed by atoms with van der Waals surface area (Å²) >= 11 is 0. The molecule has 12 N–H and O–H groups in total. The minimum atomic E-state index is -1.27. The van der Waals surface area contributed by atoms with Crippen molar-refractivity contribution in [2.45, 2.75) is 82.1 Å². The van der Waals surface area contributed by atoms with Gasteiger partial charge in [-0.1, -0.05) is 0 Å². The Labute approximate surface area is 210 Å². The number of amides is 3. The number of unbranched alkanes of at least 4 members (excludes halogenated alkanes) is 2. The van der Waals surface area contributed by atoms with Gasteiger partial charge in [0.25, 0.3) is 0 Å². The summed E-state index contributed by atoms with van der Waals surface area (Å²) in [5.74, 6) is -3.28. The molecule has 204 valence electrons. The van der Waals surface area contributed by atoms with Gasteiger partial charge >= 0.3 is 5.97 Å². The fourth-order valence-corrected chi connectivity index (χ4v) is 3.37. The standard InChI is InChI=1S/C22H40N8O6/c1-13(31)18(25)21(34)30-17(10-14-11-26-12-27-14)20(33)28-15(6-2-4-8-23)19(32)29-16(22(35)36)7-3-5-9-24/h11-13,15-18,31H,2-10,23-25H2,1H3,(H,26,27)(H,28,33)(H,29,32)(H,30,34)(H,35,36). The molecular formula is C22H40N8O6. The first-order valence-corrected chi connectivity index (χ1v) is 12.1. The average Bonchev–Trinajstić information content (AvgIpc) is 3.34. The lowest BCUT2D eigenvalue weighted by Crippen LogP contribution is -2.58. The van der Waals surface area contributed by atoms with Gasteiger partial charge in [0.1, 0.15) is 24.2 Å². The average molecular weight is 513 g/mol. The SMILES string of the molecule is CC(O)C(N)C(=O)NC(Cc1cnc[nH]1)C(=O)NC(CCCCN)C(=O)NC(CCCCN)C(=O)O. The summed E-state index contributed by atoms with van der Waals surface area (Å²) in [7, 11) is 0. The molecule has 36 heavy (non-hydrogen) atoms. The summed E-state index contributed by atoms with van der Waals surface area (Å²) in [4.78, 5) is 56.9. The summed E-state index contributed by atoms with van der Waals surface area (Å²) < 4.78 is 0. The first-order valence-electron chi connectivity index (χ1n) is 12.1. The zero-order valence-electron chi connectivity index (χ0n) is 20.6. The monoisotopic (exact) mass is 512 g/mol. The molecule has 3 amide bonds. The Morgan fingerprint density at radius 1 is 0.917 bits per heavy atom. The maximum atomic E-state index is 13.2. The normalized spacial score (nSPS) is 15.2. The molecule has 0 aliphatic carbocycles. The molecule has 0 aliphatic heterocycles. The van der Waals surface area contributed by atoms with Crippen LogP contribution < -0.4 is 33.2 Å². The number of hydrogen-bond acceptors (Lipinski definition) is 9. The molecule has 0 bridgehead atoms. The smallest absolute Gasteiger partial charge is 0.326 e. The molecule has 5 atom stereocenters. The zero-order valence-corrected chi connectivity index (χ0v) is 20.6. The highest BCUT2D eigenvalue weighted by atomic mass is 16.4. The Morgan fingerprint density at radius 2 is 1.44 bits per heavy atom. The second-order valence-corrected chi connectivity index (χ2v) is 8.64. The number of hydrogen-bond donors (Lipinski definition) is 9. The molecular weight excluding hydrogens is 472 g/mol. The first kappa shape index (κ1) is 31.0. The van der Waals surface area contributed by atoms with Crippen molar-refractivity contribution in [3.63, 3.8) is 0 Å². The second kappa shape index (κ2) is 16.6. The van der Waals surface area contributed by atoms with Crippen molar-refractivity contribution in [2.24, 2.45) is 17.2 Å². The second-order valence-electron chi connectivity index (χ2n) is 8.64. The number of aromatic amines is 1. The van der Waals surface area contributed by atoms with Gasteiger partial charge in [-0.25, -0.2) is 9.78 Å². The number of aromatic nitrogens is 2. The molecule has 14 nitrogen and oxygen atoms in total. The van der Waals surface area contributed by atoms with Crippen molar-refractivity contribution >= 4 is 23.7 Å². The number of aliphatic hydroxyl groups is 1. The van der Waals surface area contributed by atoms with Crippen molar-refractivity contribution in [3.05, 3.63) is 18.2 Å². The Hall–Kier alpha value is -3.07. The van der Waals surface area contributed by atoms with E-state index in [0.717, 1.165) is 0 Å². The van der Waals surface area contributed by atoms with E-state index in [2.05, 4.69) is 25.9 Å². The lowest BCUT2D eigenvalue weighted by atomic mass is 10.0. The third-order valence-electron chi connectivity index (χ3n) is 5.58. The number of nitrogens with two attached hydrogens (primary N) is 3. The molecule has 5 unspecified atom stereocenters. The van der Waals surface area contributed by atoms with E-state index in [4.69, 9.17) is 17.2 Å². The Morgan fingerprint density at radius 3 is 1.94 bits per heavy atom. The van der Waals surface area contributed by atoms with Crippen molar-refractivity contribution in [3.8, 4) is 0 Å². The molecule has 1 aromatic rings. The van der Waals surface area contributed by atoms with Crippen LogP contribution in [0.15, 0.2) is 12.5 Å². The van der Waals surface area contributed by atoms with Gasteiger partial charge in [-0.2, -0.15) is 0 Å². The maximum Gasteiger partial charge on any atom is 0.326 e. The number of carbonyl (C=O) groups excluding carboxylic acids is 3. The number of nitrogens with zero attached hydrogens (tertiary/aromatic N) is 1. The molecule has 0 saturated carbocycles. The van der Waals surface area contributed by atoms with Gasteiger partial charge < -0.3 is 48.3 Å². The van der Waals surface area contributed by atoms with E-state index in [0.29, 0.717) is 44.5 Å². The molecule has 0 aromatic carbocycles. The van der Waals surface area contributed by atoms with E-state index in [1.807, 2.05) is 0 Å². The molecule has 0 aliphatic rings. The summed E-state index contributed by atoms with van der Waals surface area (Å²) in [5, 5.41) is 26.7. The van der Waals surface area contributed by atoms with E-state index < -0.39 is 54.0 Å². The molecule has 1 aromatic heterocycles. The van der Waals surface area contributed by atoms with Gasteiger partial charge in [0.2, 0.25) is 17.7 Å². The van der Waals surface area contributed by atoms with E-state index >= 15 is 0 Å². The van der Waals surface area contributed by atoms with Gasteiger partial charge in [-0.05, 0) is 58.5 Å². The van der Waals surface area contributed by atoms with E-state index in [9.17, 15) is 29.4 Å². The zero-order chi connectivity index (χ0) is 27.1. The lowest BCUT2D eigenvalue weighted by molar-refractivity contribution is -0.142. The van der Waals surface area contributed by atoms with Crippen LogP contribution in [0.25, 0.3) is 0 Å². The fourth-order valence-electron chi connectivity index (χ4n) is 3.37. The highest BCUT2D eigenvalue weighted by Gasteiger charge is 2.31. The molecule has 1 heterocycles. The van der Waals surface area contributed by atoms with Crippen LogP contribution in [0, 0.1) is 0 Å². The van der Waals surface area contributed by atoms with Crippen LogP contribution in [0.4, 0.5) is 0 Å². The fraction of sp³-hybridized carbons (Fsp3) is 0.682. The highest BCUT2D eigenvalue weighted by molar-refractivity contribution is 5.94. The summed E-state index contributed by atoms with van der Waals surface area (Å²) in [6, 6.07) is -4.61. The topological polar surface area (TPSA) is 252 Å². The molecule has 0 radical (unpaired) electrons. The van der Waals surface area contributed by atoms with Crippen LogP contribution >= 0.6 is 0 Å². The first-order chi connectivity index (χ1) is 17.1. The number of aliphatic carboxylic acids is 1. The molecule has 14 heteroatoms. The molecule has 0 spiro atoms. The van der Waals surface area contributed by atoms with Crippen LogP contribution in [-0.4, -0.2) is 87.2 Å². The largest absolute Gasteiger partial charge is 0.480 e. The molecule has 0 saturated heterocycles. The van der Waals surface area contributed by atoms with Gasteiger partial charge in [0.05, 0.1) is 12.4 Å². The Kier molecular flexibility index (Phi) is 14.3. The number of carbonyl (C=O) groups is 4. The van der Waals surface area contributed by atoms with Crippen LogP contribution in [-0.2, 0) is 25.6 Å². The Bertz CT molecular complexity index is 819. The summed E-state index contributed by atoms with van der Waals surface area (Å²) in [5.41, 5.74) is 17.2. The van der Waals surface area contributed by atoms with Gasteiger partial charge in [-0.3, -0.25) is 14.4 Å². The van der Waals surface area contributed by atoms with Gasteiger partial charge in [-0.15, -0.1) is 0 Å². The van der Waals surface area contributed by atoms with Crippen LogP contribution in [0.3, 0.4) is 0 Å². The number of nitrogens with one attached hydrogen (secondary N) is 4. The third kappa shape index (κ3) is 11.1. The number of aliphatic hydroxyl groups excluding tert-OH is 1. The number of carboxylic acids is 1. The number of rotatable bonds is 18. The predicted molar refractivity (Wildman–Crippen MR) is 131 cm³/mol. The highest BCUT2D eigenvalue weighted by Crippen LogP contribution is 2.07. The van der Waals surface area contributed by atoms with Crippen molar-refractivity contribution < 1.29 is 29.4 Å². The quantitative estimate of drug-likeness (QED) is 0.0931. The van der Waals surface area contributed by atoms with E-state index in [1.54, 1.807) is 0 Å². The molecule has 1 rings (SSSR count). The van der Waals surface area contributed by atoms with Crippen LogP contribution in [0.2, 0.25) is 0 Å². The van der Waals surface area contributed by atoms with Crippen LogP contribution in [0.1, 0.15) is 51.1 Å². The summed E-state index contributed by atoms with van der Waals surface area (Å²) in [6.07, 6.45) is 4.37. The third-order valence-corrected chi connectivity index (χ3v) is 5.58. The predicted octanol–water partition coefficient (Wildman–Crippen LogP) is -2.54. The van der Waals surface area contributed by atoms with Crippen molar-refractivity contribution in [1.29, 1.82) is 0 Å². The van der Waals surface area contributed by atoms with Crippen molar-refractivity contribution in [1.82, 2.24) is 25.9 Å². The lowest BCUT2D eigenvalue weighted by Gasteiger charge is -2.25. The number of H-pyrrole nitrogens is 1. The number of carboxylic acid groups (broad SMARTS) is 1. The van der Waals surface area contributed by atoms with E-state index in [-0.39, 0.29) is 19.3 Å². The van der Waals surface area contributed by atoms with Crippen molar-refractivity contribution in [2.75, 3.05) is 13.1 Å². The van der Waals surface area contributed by atoms with E-state index in [1.165, 1.54) is 19.4 Å². The van der Waals surface area contributed by atoms with Gasteiger partial charge in [0, 0.05) is 18.3 Å². The summed E-state index contributed by atoms with van der Waals surface area (Å²) in [6.45, 7) is 2.13. The minimum absolute atomic E-state index is 0.0120. The maximum absolute atomic E-state index is 13.2. The molecule has 0 fully saturated rings. The number of imidazole rings is 1.